The van der Waals surface area contributed by atoms with E-state index in [1.807, 2.05) is 0 Å². The summed E-state index contributed by atoms with van der Waals surface area (Å²) in [6.45, 7) is 7.55. The van der Waals surface area contributed by atoms with Crippen molar-refractivity contribution in [3.05, 3.63) is 64.7 Å². The highest BCUT2D eigenvalue weighted by Crippen LogP contribution is 2.22. The molecule has 3 nitrogen and oxygen atoms in total. The fourth-order valence-electron chi connectivity index (χ4n) is 2.77. The molecule has 0 aliphatic rings. The lowest BCUT2D eigenvalue weighted by Crippen LogP contribution is -2.22. The van der Waals surface area contributed by atoms with E-state index in [9.17, 15) is 0 Å². The van der Waals surface area contributed by atoms with Gasteiger partial charge in [-0.25, -0.2) is 0 Å². The van der Waals surface area contributed by atoms with Crippen LogP contribution in [-0.4, -0.2) is 13.1 Å². The summed E-state index contributed by atoms with van der Waals surface area (Å²) in [7, 11) is 0. The average molecular weight is 297 g/mol. The molecular weight excluding hydrogens is 270 g/mol. The van der Waals surface area contributed by atoms with Crippen molar-refractivity contribution in [3.63, 3.8) is 0 Å². The Kier molecular flexibility index (Phi) is 5.99. The minimum absolute atomic E-state index is 0.575. The summed E-state index contributed by atoms with van der Waals surface area (Å²) in [6.07, 6.45) is 0.913. The lowest BCUT2D eigenvalue weighted by molar-refractivity contribution is 0.862. The van der Waals surface area contributed by atoms with Crippen LogP contribution in [0.4, 0.5) is 5.69 Å². The van der Waals surface area contributed by atoms with E-state index in [0.717, 1.165) is 19.5 Å². The predicted molar refractivity (Wildman–Crippen MR) is 95.0 cm³/mol. The molecule has 2 aromatic rings. The van der Waals surface area contributed by atoms with E-state index in [2.05, 4.69) is 61.2 Å². The zero-order valence-corrected chi connectivity index (χ0v) is 13.7. The third kappa shape index (κ3) is 3.87. The molecule has 0 saturated carbocycles. The van der Waals surface area contributed by atoms with Gasteiger partial charge in [-0.1, -0.05) is 30.3 Å². The smallest absolute Gasteiger partial charge is 0.0369 e. The van der Waals surface area contributed by atoms with Crippen molar-refractivity contribution in [2.75, 3.05) is 18.0 Å². The number of anilines is 1. The molecule has 118 valence electrons. The fourth-order valence-corrected chi connectivity index (χ4v) is 2.77. The molecule has 4 N–H and O–H groups in total. The maximum absolute atomic E-state index is 5.97. The highest BCUT2D eigenvalue weighted by atomic mass is 15.1. The molecule has 0 heterocycles. The number of rotatable bonds is 7. The summed E-state index contributed by atoms with van der Waals surface area (Å²) in [4.78, 5) is 2.35. The molecule has 0 aliphatic heterocycles. The third-order valence-electron chi connectivity index (χ3n) is 4.19. The Morgan fingerprint density at radius 2 is 1.41 bits per heavy atom. The Hall–Kier alpha value is -1.84. The SMILES string of the molecule is CCN(CC)c1ccc(Cc2ccc(CN)cc2)c(CN)c1. The van der Waals surface area contributed by atoms with E-state index in [0.29, 0.717) is 13.1 Å². The van der Waals surface area contributed by atoms with Gasteiger partial charge >= 0.3 is 0 Å². The molecule has 0 atom stereocenters. The Morgan fingerprint density at radius 1 is 0.773 bits per heavy atom. The minimum Gasteiger partial charge on any atom is -0.372 e. The summed E-state index contributed by atoms with van der Waals surface area (Å²) in [6, 6.07) is 15.2. The number of benzene rings is 2. The standard InChI is InChI=1S/C19H27N3/c1-3-22(4-2)19-10-9-17(18(12-19)14-21)11-15-5-7-16(13-20)8-6-15/h5-10,12H,3-4,11,13-14,20-21H2,1-2H3. The summed E-state index contributed by atoms with van der Waals surface area (Å²) < 4.78 is 0. The Bertz CT molecular complexity index is 586. The van der Waals surface area contributed by atoms with E-state index >= 15 is 0 Å². The molecule has 0 radical (unpaired) electrons. The normalized spacial score (nSPS) is 10.7. The lowest BCUT2D eigenvalue weighted by atomic mass is 9.98. The third-order valence-corrected chi connectivity index (χ3v) is 4.19. The van der Waals surface area contributed by atoms with Gasteiger partial charge in [0.1, 0.15) is 0 Å². The molecule has 0 aliphatic carbocycles. The van der Waals surface area contributed by atoms with Crippen LogP contribution in [0.5, 0.6) is 0 Å². The monoisotopic (exact) mass is 297 g/mol. The molecule has 3 heteroatoms. The molecule has 0 amide bonds. The van der Waals surface area contributed by atoms with Crippen molar-refractivity contribution in [3.8, 4) is 0 Å². The van der Waals surface area contributed by atoms with Crippen LogP contribution < -0.4 is 16.4 Å². The van der Waals surface area contributed by atoms with Gasteiger partial charge in [-0.15, -0.1) is 0 Å². The van der Waals surface area contributed by atoms with Gasteiger partial charge in [0.15, 0.2) is 0 Å². The van der Waals surface area contributed by atoms with Crippen LogP contribution in [0, 0.1) is 0 Å². The first-order valence-electron chi connectivity index (χ1n) is 8.06. The van der Waals surface area contributed by atoms with Crippen molar-refractivity contribution in [1.82, 2.24) is 0 Å². The Balaban J connectivity index is 2.22. The Labute approximate surface area is 133 Å². The van der Waals surface area contributed by atoms with Crippen LogP contribution in [0.25, 0.3) is 0 Å². The topological polar surface area (TPSA) is 55.3 Å². The van der Waals surface area contributed by atoms with Crippen molar-refractivity contribution in [2.45, 2.75) is 33.4 Å². The highest BCUT2D eigenvalue weighted by Gasteiger charge is 2.07. The Morgan fingerprint density at radius 3 is 1.95 bits per heavy atom. The first-order chi connectivity index (χ1) is 10.7. The van der Waals surface area contributed by atoms with Gasteiger partial charge < -0.3 is 16.4 Å². The number of hydrogen-bond acceptors (Lipinski definition) is 3. The summed E-state index contributed by atoms with van der Waals surface area (Å²) in [5.74, 6) is 0. The molecule has 0 aromatic heterocycles. The first-order valence-corrected chi connectivity index (χ1v) is 8.06. The summed E-state index contributed by atoms with van der Waals surface area (Å²) in [5.41, 5.74) is 17.9. The number of nitrogens with zero attached hydrogens (tertiary/aromatic N) is 1. The van der Waals surface area contributed by atoms with Crippen LogP contribution in [-0.2, 0) is 19.5 Å². The fraction of sp³-hybridized carbons (Fsp3) is 0.368. The zero-order valence-electron chi connectivity index (χ0n) is 13.7. The number of hydrogen-bond donors (Lipinski definition) is 2. The number of nitrogens with two attached hydrogens (primary N) is 2. The molecule has 0 spiro atoms. The quantitative estimate of drug-likeness (QED) is 0.826. The first kappa shape index (κ1) is 16.5. The second-order valence-electron chi connectivity index (χ2n) is 5.53. The maximum atomic E-state index is 5.97. The van der Waals surface area contributed by atoms with E-state index in [1.54, 1.807) is 0 Å². The molecule has 2 rings (SSSR count). The van der Waals surface area contributed by atoms with Gasteiger partial charge in [-0.3, -0.25) is 0 Å². The van der Waals surface area contributed by atoms with Crippen molar-refractivity contribution in [1.29, 1.82) is 0 Å². The second kappa shape index (κ2) is 7.97. The molecular formula is C19H27N3. The molecule has 22 heavy (non-hydrogen) atoms. The van der Waals surface area contributed by atoms with Gasteiger partial charge in [-0.2, -0.15) is 0 Å². The summed E-state index contributed by atoms with van der Waals surface area (Å²) >= 11 is 0. The van der Waals surface area contributed by atoms with Crippen molar-refractivity contribution in [2.24, 2.45) is 11.5 Å². The molecule has 0 fully saturated rings. The van der Waals surface area contributed by atoms with Gasteiger partial charge in [0.25, 0.3) is 0 Å². The van der Waals surface area contributed by atoms with Crippen LogP contribution in [0.2, 0.25) is 0 Å². The van der Waals surface area contributed by atoms with Crippen LogP contribution in [0.3, 0.4) is 0 Å². The molecule has 0 saturated heterocycles. The zero-order chi connectivity index (χ0) is 15.9. The van der Waals surface area contributed by atoms with E-state index in [-0.39, 0.29) is 0 Å². The molecule has 2 aromatic carbocycles. The van der Waals surface area contributed by atoms with Gasteiger partial charge in [0.2, 0.25) is 0 Å². The van der Waals surface area contributed by atoms with Crippen LogP contribution in [0.1, 0.15) is 36.1 Å². The maximum Gasteiger partial charge on any atom is 0.0369 e. The summed E-state index contributed by atoms with van der Waals surface area (Å²) in [5, 5.41) is 0. The highest BCUT2D eigenvalue weighted by molar-refractivity contribution is 5.51. The van der Waals surface area contributed by atoms with Gasteiger partial charge in [0, 0.05) is 31.9 Å². The van der Waals surface area contributed by atoms with Gasteiger partial charge in [-0.05, 0) is 54.7 Å². The van der Waals surface area contributed by atoms with Crippen molar-refractivity contribution < 1.29 is 0 Å². The average Bonchev–Trinajstić information content (AvgIpc) is 2.57. The van der Waals surface area contributed by atoms with Crippen molar-refractivity contribution >= 4 is 5.69 Å². The van der Waals surface area contributed by atoms with Crippen LogP contribution >= 0.6 is 0 Å². The minimum atomic E-state index is 0.575. The molecule has 0 bridgehead atoms. The van der Waals surface area contributed by atoms with E-state index < -0.39 is 0 Å². The predicted octanol–water partition coefficient (Wildman–Crippen LogP) is 3.04. The lowest BCUT2D eigenvalue weighted by Gasteiger charge is -2.22. The second-order valence-corrected chi connectivity index (χ2v) is 5.53. The van der Waals surface area contributed by atoms with E-state index in [4.69, 9.17) is 11.5 Å². The van der Waals surface area contributed by atoms with E-state index in [1.165, 1.54) is 27.9 Å². The molecule has 0 unspecified atom stereocenters. The van der Waals surface area contributed by atoms with Gasteiger partial charge in [0.05, 0.1) is 0 Å². The van der Waals surface area contributed by atoms with Crippen LogP contribution in [0.15, 0.2) is 42.5 Å². The largest absolute Gasteiger partial charge is 0.372 e.